The van der Waals surface area contributed by atoms with Gasteiger partial charge in [-0.15, -0.1) is 0 Å². The molecule has 0 heterocycles. The maximum Gasteiger partial charge on any atom is 0.326 e. The Bertz CT molecular complexity index is 384. The van der Waals surface area contributed by atoms with Gasteiger partial charge in [-0.3, -0.25) is 9.59 Å². The number of nitrogens with one attached hydrogen (secondary N) is 2. The van der Waals surface area contributed by atoms with Crippen molar-refractivity contribution in [3.63, 3.8) is 0 Å². The molecular formula is C12H20N2O7. The van der Waals surface area contributed by atoms with Gasteiger partial charge in [-0.25, -0.2) is 9.59 Å². The predicted molar refractivity (Wildman–Crippen MR) is 70.7 cm³/mol. The van der Waals surface area contributed by atoms with Gasteiger partial charge in [-0.05, 0) is 19.8 Å². The molecule has 0 aliphatic rings. The molecule has 9 heteroatoms. The van der Waals surface area contributed by atoms with E-state index in [-0.39, 0.29) is 38.4 Å². The Kier molecular flexibility index (Phi) is 9.31. The molecule has 0 aromatic carbocycles. The first-order chi connectivity index (χ1) is 9.86. The Balaban J connectivity index is 3.95. The van der Waals surface area contributed by atoms with Crippen molar-refractivity contribution < 1.29 is 34.1 Å². The summed E-state index contributed by atoms with van der Waals surface area (Å²) in [4.78, 5) is 43.7. The van der Waals surface area contributed by atoms with Gasteiger partial charge in [0.25, 0.3) is 0 Å². The zero-order chi connectivity index (χ0) is 16.3. The molecule has 120 valence electrons. The van der Waals surface area contributed by atoms with Crippen LogP contribution in [0.4, 0.5) is 4.79 Å². The Hall–Kier alpha value is -2.32. The van der Waals surface area contributed by atoms with E-state index in [9.17, 15) is 19.2 Å². The van der Waals surface area contributed by atoms with Gasteiger partial charge in [0.2, 0.25) is 0 Å². The third-order valence-electron chi connectivity index (χ3n) is 2.40. The minimum Gasteiger partial charge on any atom is -0.481 e. The lowest BCUT2D eigenvalue weighted by molar-refractivity contribution is -0.143. The second-order valence-corrected chi connectivity index (χ2v) is 4.13. The van der Waals surface area contributed by atoms with E-state index >= 15 is 0 Å². The molecule has 4 N–H and O–H groups in total. The third kappa shape index (κ3) is 10.2. The number of urea groups is 1. The fourth-order valence-electron chi connectivity index (χ4n) is 1.40. The fraction of sp³-hybridized carbons (Fsp3) is 0.667. The third-order valence-corrected chi connectivity index (χ3v) is 2.40. The maximum atomic E-state index is 11.4. The van der Waals surface area contributed by atoms with Crippen molar-refractivity contribution in [3.8, 4) is 0 Å². The van der Waals surface area contributed by atoms with Gasteiger partial charge >= 0.3 is 23.9 Å². The molecular weight excluding hydrogens is 284 g/mol. The van der Waals surface area contributed by atoms with Gasteiger partial charge in [0.15, 0.2) is 0 Å². The van der Waals surface area contributed by atoms with Gasteiger partial charge in [0.1, 0.15) is 6.04 Å². The molecule has 0 radical (unpaired) electrons. The van der Waals surface area contributed by atoms with E-state index in [1.54, 1.807) is 6.92 Å². The lowest BCUT2D eigenvalue weighted by atomic mass is 10.1. The van der Waals surface area contributed by atoms with Crippen molar-refractivity contribution in [2.45, 2.75) is 38.6 Å². The molecule has 0 aliphatic heterocycles. The minimum atomic E-state index is -1.31. The Morgan fingerprint density at radius 3 is 2.33 bits per heavy atom. The monoisotopic (exact) mass is 304 g/mol. The van der Waals surface area contributed by atoms with E-state index in [1.807, 2.05) is 0 Å². The molecule has 9 nitrogen and oxygen atoms in total. The lowest BCUT2D eigenvalue weighted by Gasteiger charge is -2.14. The number of amides is 2. The zero-order valence-electron chi connectivity index (χ0n) is 11.8. The van der Waals surface area contributed by atoms with Crippen LogP contribution in [0.15, 0.2) is 0 Å². The number of esters is 1. The van der Waals surface area contributed by atoms with Crippen LogP contribution in [0, 0.1) is 0 Å². The molecule has 0 fully saturated rings. The summed E-state index contributed by atoms with van der Waals surface area (Å²) in [7, 11) is 0. The van der Waals surface area contributed by atoms with Crippen molar-refractivity contribution >= 4 is 23.9 Å². The molecule has 0 aromatic rings. The first-order valence-corrected chi connectivity index (χ1v) is 6.51. The van der Waals surface area contributed by atoms with Gasteiger partial charge < -0.3 is 25.6 Å². The van der Waals surface area contributed by atoms with Gasteiger partial charge in [0, 0.05) is 19.4 Å². The lowest BCUT2D eigenvalue weighted by Crippen LogP contribution is -2.46. The predicted octanol–water partition coefficient (Wildman–Crippen LogP) is -0.0531. The number of carbonyl (C=O) groups is 4. The first-order valence-electron chi connectivity index (χ1n) is 6.51. The van der Waals surface area contributed by atoms with Crippen LogP contribution in [0.2, 0.25) is 0 Å². The number of carboxylic acids is 2. The van der Waals surface area contributed by atoms with Crippen LogP contribution >= 0.6 is 0 Å². The number of rotatable bonds is 10. The topological polar surface area (TPSA) is 142 Å². The van der Waals surface area contributed by atoms with E-state index in [0.29, 0.717) is 6.42 Å². The first kappa shape index (κ1) is 18.7. The molecule has 0 unspecified atom stereocenters. The van der Waals surface area contributed by atoms with Gasteiger partial charge in [0.05, 0.1) is 6.61 Å². The second kappa shape index (κ2) is 10.5. The highest BCUT2D eigenvalue weighted by Crippen LogP contribution is 1.98. The van der Waals surface area contributed by atoms with Crippen LogP contribution in [0.1, 0.15) is 32.6 Å². The van der Waals surface area contributed by atoms with E-state index in [0.717, 1.165) is 0 Å². The van der Waals surface area contributed by atoms with Crippen LogP contribution in [0.25, 0.3) is 0 Å². The largest absolute Gasteiger partial charge is 0.481 e. The number of carboxylic acid groups (broad SMARTS) is 2. The van der Waals surface area contributed by atoms with Crippen molar-refractivity contribution in [1.29, 1.82) is 0 Å². The standard InChI is InChI=1S/C12H20N2O7/c1-2-21-10(17)4-3-7-13-12(20)14-8(11(18)19)5-6-9(15)16/h8H,2-7H2,1H3,(H,15,16)(H,18,19)(H2,13,14,20)/t8-/m0/s1. The Labute approximate surface area is 121 Å². The molecule has 0 aliphatic carbocycles. The molecule has 0 bridgehead atoms. The van der Waals surface area contributed by atoms with E-state index in [4.69, 9.17) is 14.9 Å². The normalized spacial score (nSPS) is 11.3. The van der Waals surface area contributed by atoms with E-state index in [2.05, 4.69) is 10.6 Å². The maximum absolute atomic E-state index is 11.4. The highest BCUT2D eigenvalue weighted by Gasteiger charge is 2.20. The summed E-state index contributed by atoms with van der Waals surface area (Å²) < 4.78 is 4.70. The Morgan fingerprint density at radius 2 is 1.81 bits per heavy atom. The van der Waals surface area contributed by atoms with Crippen LogP contribution in [0.5, 0.6) is 0 Å². The molecule has 0 saturated carbocycles. The second-order valence-electron chi connectivity index (χ2n) is 4.13. The highest BCUT2D eigenvalue weighted by molar-refractivity contribution is 5.83. The molecule has 0 aromatic heterocycles. The summed E-state index contributed by atoms with van der Waals surface area (Å²) in [6.45, 7) is 2.15. The van der Waals surface area contributed by atoms with Crippen molar-refractivity contribution in [2.75, 3.05) is 13.2 Å². The molecule has 2 amide bonds. The summed E-state index contributed by atoms with van der Waals surface area (Å²) in [6, 6.07) is -2.00. The van der Waals surface area contributed by atoms with Gasteiger partial charge in [-0.1, -0.05) is 0 Å². The van der Waals surface area contributed by atoms with E-state index < -0.39 is 24.0 Å². The number of hydrogen-bond acceptors (Lipinski definition) is 5. The summed E-state index contributed by atoms with van der Waals surface area (Å²) in [6.07, 6.45) is -0.0599. The fourth-order valence-corrected chi connectivity index (χ4v) is 1.40. The van der Waals surface area contributed by atoms with Crippen LogP contribution < -0.4 is 10.6 Å². The smallest absolute Gasteiger partial charge is 0.326 e. The van der Waals surface area contributed by atoms with Crippen LogP contribution in [-0.4, -0.2) is 53.3 Å². The number of carbonyl (C=O) groups excluding carboxylic acids is 2. The average molecular weight is 304 g/mol. The summed E-state index contributed by atoms with van der Waals surface area (Å²) in [5.41, 5.74) is 0. The molecule has 0 spiro atoms. The summed E-state index contributed by atoms with van der Waals surface area (Å²) in [5.74, 6) is -2.82. The summed E-state index contributed by atoms with van der Waals surface area (Å²) >= 11 is 0. The van der Waals surface area contributed by atoms with Crippen LogP contribution in [-0.2, 0) is 19.1 Å². The molecule has 21 heavy (non-hydrogen) atoms. The zero-order valence-corrected chi connectivity index (χ0v) is 11.8. The highest BCUT2D eigenvalue weighted by atomic mass is 16.5. The van der Waals surface area contributed by atoms with E-state index in [1.165, 1.54) is 0 Å². The minimum absolute atomic E-state index is 0.148. The van der Waals surface area contributed by atoms with Crippen LogP contribution in [0.3, 0.4) is 0 Å². The Morgan fingerprint density at radius 1 is 1.14 bits per heavy atom. The van der Waals surface area contributed by atoms with Gasteiger partial charge in [-0.2, -0.15) is 0 Å². The SMILES string of the molecule is CCOC(=O)CCCNC(=O)N[C@@H](CCC(=O)O)C(=O)O. The number of ether oxygens (including phenoxy) is 1. The quantitative estimate of drug-likeness (QED) is 0.327. The molecule has 1 atom stereocenters. The number of hydrogen-bond donors (Lipinski definition) is 4. The summed E-state index contributed by atoms with van der Waals surface area (Å²) in [5, 5.41) is 21.9. The average Bonchev–Trinajstić information content (AvgIpc) is 2.39. The van der Waals surface area contributed by atoms with Crippen molar-refractivity contribution in [1.82, 2.24) is 10.6 Å². The van der Waals surface area contributed by atoms with Crippen molar-refractivity contribution in [3.05, 3.63) is 0 Å². The molecule has 0 saturated heterocycles. The molecule has 0 rings (SSSR count). The number of aliphatic carboxylic acids is 2. The van der Waals surface area contributed by atoms with Crippen molar-refractivity contribution in [2.24, 2.45) is 0 Å².